The zero-order chi connectivity index (χ0) is 25.2. The minimum absolute atomic E-state index is 0.0743. The number of ether oxygens (including phenoxy) is 3. The molecular formula is C21H15ClF4N2O6. The summed E-state index contributed by atoms with van der Waals surface area (Å²) in [7, 11) is 1.15. The number of methoxy groups -OCH3 is 1. The predicted molar refractivity (Wildman–Crippen MR) is 109 cm³/mol. The summed E-state index contributed by atoms with van der Waals surface area (Å²) in [6, 6.07) is 4.42. The Labute approximate surface area is 194 Å². The summed E-state index contributed by atoms with van der Waals surface area (Å²) in [6.45, 7) is 0.446. The van der Waals surface area contributed by atoms with Gasteiger partial charge in [0.25, 0.3) is 11.8 Å². The van der Waals surface area contributed by atoms with Crippen molar-refractivity contribution < 1.29 is 46.2 Å². The first kappa shape index (κ1) is 25.0. The Morgan fingerprint density at radius 2 is 1.94 bits per heavy atom. The zero-order valence-corrected chi connectivity index (χ0v) is 18.2. The van der Waals surface area contributed by atoms with Crippen molar-refractivity contribution in [3.8, 4) is 17.4 Å². The molecule has 8 nitrogen and oxygen atoms in total. The lowest BCUT2D eigenvalue weighted by Crippen LogP contribution is -2.46. The normalized spacial score (nSPS) is 16.3. The van der Waals surface area contributed by atoms with E-state index >= 15 is 0 Å². The van der Waals surface area contributed by atoms with E-state index in [1.165, 1.54) is 18.3 Å². The summed E-state index contributed by atoms with van der Waals surface area (Å²) < 4.78 is 69.3. The lowest BCUT2D eigenvalue weighted by molar-refractivity contribution is -0.143. The van der Waals surface area contributed by atoms with E-state index in [0.29, 0.717) is 0 Å². The largest absolute Gasteiger partial charge is 0.466 e. The van der Waals surface area contributed by atoms with Gasteiger partial charge >= 0.3 is 12.1 Å². The first-order valence-corrected chi connectivity index (χ1v) is 9.80. The van der Waals surface area contributed by atoms with Crippen LogP contribution in [0.1, 0.15) is 6.92 Å². The topological polar surface area (TPSA) is 95.0 Å². The maximum absolute atomic E-state index is 14.7. The molecule has 13 heteroatoms. The SMILES string of the molecule is COC(=O)COc1ncccc1Oc1cc(N2C(=O)C=C(C(F)(F)F)C(C)C2=O)c(F)cc1Cl. The van der Waals surface area contributed by atoms with Gasteiger partial charge in [-0.2, -0.15) is 13.2 Å². The molecule has 0 bridgehead atoms. The van der Waals surface area contributed by atoms with E-state index < -0.39 is 53.6 Å². The average molecular weight is 503 g/mol. The Bertz CT molecular complexity index is 1180. The maximum atomic E-state index is 14.7. The summed E-state index contributed by atoms with van der Waals surface area (Å²) in [5.41, 5.74) is -2.01. The number of nitrogens with zero attached hydrogens (tertiary/aromatic N) is 2. The van der Waals surface area contributed by atoms with Crippen LogP contribution in [0.4, 0.5) is 23.2 Å². The smallest absolute Gasteiger partial charge is 0.413 e. The fourth-order valence-corrected chi connectivity index (χ4v) is 3.15. The highest BCUT2D eigenvalue weighted by Gasteiger charge is 2.46. The Kier molecular flexibility index (Phi) is 7.10. The Morgan fingerprint density at radius 1 is 1.24 bits per heavy atom. The number of rotatable bonds is 6. The van der Waals surface area contributed by atoms with Crippen molar-refractivity contribution in [1.29, 1.82) is 0 Å². The number of amides is 2. The Balaban J connectivity index is 1.98. The highest BCUT2D eigenvalue weighted by molar-refractivity contribution is 6.32. The van der Waals surface area contributed by atoms with Gasteiger partial charge < -0.3 is 14.2 Å². The molecule has 0 spiro atoms. The molecule has 0 aliphatic carbocycles. The van der Waals surface area contributed by atoms with Crippen molar-refractivity contribution >= 4 is 35.1 Å². The molecule has 0 saturated carbocycles. The summed E-state index contributed by atoms with van der Waals surface area (Å²) in [6.07, 6.45) is -3.35. The second-order valence-corrected chi connectivity index (χ2v) is 7.25. The van der Waals surface area contributed by atoms with Crippen LogP contribution in [0.2, 0.25) is 5.02 Å². The lowest BCUT2D eigenvalue weighted by atomic mass is 9.94. The van der Waals surface area contributed by atoms with E-state index in [0.717, 1.165) is 26.2 Å². The molecule has 34 heavy (non-hydrogen) atoms. The molecule has 2 aromatic rings. The third kappa shape index (κ3) is 5.11. The van der Waals surface area contributed by atoms with Gasteiger partial charge in [0, 0.05) is 18.3 Å². The molecule has 1 aromatic heterocycles. The number of hydrogen-bond acceptors (Lipinski definition) is 7. The van der Waals surface area contributed by atoms with Gasteiger partial charge in [0.05, 0.1) is 29.3 Å². The van der Waals surface area contributed by atoms with Crippen molar-refractivity contribution in [2.24, 2.45) is 5.92 Å². The van der Waals surface area contributed by atoms with Crippen molar-refractivity contribution in [2.75, 3.05) is 18.6 Å². The summed E-state index contributed by atoms with van der Waals surface area (Å²) in [5, 5.41) is -0.291. The molecule has 0 saturated heterocycles. The molecule has 1 aliphatic rings. The van der Waals surface area contributed by atoms with Gasteiger partial charge in [-0.15, -0.1) is 0 Å². The van der Waals surface area contributed by atoms with E-state index in [1.54, 1.807) is 0 Å². The molecule has 1 atom stereocenters. The average Bonchev–Trinajstić information content (AvgIpc) is 2.77. The number of hydrogen-bond donors (Lipinski definition) is 0. The van der Waals surface area contributed by atoms with Crippen LogP contribution < -0.4 is 14.4 Å². The Morgan fingerprint density at radius 3 is 2.59 bits per heavy atom. The van der Waals surface area contributed by atoms with Gasteiger partial charge in [0.15, 0.2) is 12.4 Å². The summed E-state index contributed by atoms with van der Waals surface area (Å²) in [5.74, 6) is -6.78. The van der Waals surface area contributed by atoms with E-state index in [1.807, 2.05) is 0 Å². The highest BCUT2D eigenvalue weighted by Crippen LogP contribution is 2.41. The number of pyridine rings is 1. The van der Waals surface area contributed by atoms with E-state index in [-0.39, 0.29) is 33.4 Å². The predicted octanol–water partition coefficient (Wildman–Crippen LogP) is 4.22. The molecule has 3 rings (SSSR count). The number of carbonyl (C=O) groups excluding carboxylic acids is 3. The van der Waals surface area contributed by atoms with Crippen molar-refractivity contribution in [2.45, 2.75) is 13.1 Å². The first-order valence-electron chi connectivity index (χ1n) is 9.42. The molecule has 2 amide bonds. The van der Waals surface area contributed by atoms with Crippen LogP contribution >= 0.6 is 11.6 Å². The van der Waals surface area contributed by atoms with Gasteiger partial charge in [-0.25, -0.2) is 19.1 Å². The second-order valence-electron chi connectivity index (χ2n) is 6.84. The number of carbonyl (C=O) groups is 3. The van der Waals surface area contributed by atoms with Gasteiger partial charge in [0.2, 0.25) is 5.91 Å². The number of imide groups is 1. The van der Waals surface area contributed by atoms with Crippen LogP contribution in [0.3, 0.4) is 0 Å². The molecule has 0 fully saturated rings. The number of alkyl halides is 3. The number of benzene rings is 1. The summed E-state index contributed by atoms with van der Waals surface area (Å²) in [4.78, 5) is 40.4. The van der Waals surface area contributed by atoms with Crippen LogP contribution in [0, 0.1) is 11.7 Å². The standard InChI is InChI=1S/C21H15ClF4N2O6/c1-10-11(21(24,25)26)6-17(29)28(20(10)31)14-8-16(12(22)7-13(14)23)34-15-4-3-5-27-19(15)33-9-18(30)32-2/h3-8,10H,9H2,1-2H3. The minimum Gasteiger partial charge on any atom is -0.466 e. The quantitative estimate of drug-likeness (QED) is 0.331. The maximum Gasteiger partial charge on any atom is 0.413 e. The molecule has 1 unspecified atom stereocenters. The number of halogens is 5. The number of esters is 1. The van der Waals surface area contributed by atoms with Crippen LogP contribution in [-0.4, -0.2) is 42.7 Å². The van der Waals surface area contributed by atoms with Gasteiger partial charge in [-0.3, -0.25) is 9.59 Å². The van der Waals surface area contributed by atoms with Gasteiger partial charge in [0.1, 0.15) is 11.6 Å². The van der Waals surface area contributed by atoms with Crippen LogP contribution in [0.25, 0.3) is 0 Å². The Hall–Kier alpha value is -3.67. The van der Waals surface area contributed by atoms with E-state index in [4.69, 9.17) is 21.1 Å². The molecule has 180 valence electrons. The van der Waals surface area contributed by atoms with E-state index in [9.17, 15) is 31.9 Å². The molecule has 1 aromatic carbocycles. The number of aromatic nitrogens is 1. The molecule has 0 radical (unpaired) electrons. The van der Waals surface area contributed by atoms with Crippen LogP contribution in [-0.2, 0) is 19.1 Å². The third-order valence-corrected chi connectivity index (χ3v) is 4.93. The third-order valence-electron chi connectivity index (χ3n) is 4.64. The highest BCUT2D eigenvalue weighted by atomic mass is 35.5. The second kappa shape index (κ2) is 9.67. The van der Waals surface area contributed by atoms with Gasteiger partial charge in [-0.1, -0.05) is 11.6 Å². The van der Waals surface area contributed by atoms with Crippen molar-refractivity contribution in [3.63, 3.8) is 0 Å². The van der Waals surface area contributed by atoms with Crippen molar-refractivity contribution in [1.82, 2.24) is 4.98 Å². The van der Waals surface area contributed by atoms with Crippen molar-refractivity contribution in [3.05, 3.63) is 53.0 Å². The molecular weight excluding hydrogens is 488 g/mol. The van der Waals surface area contributed by atoms with Crippen LogP contribution in [0.15, 0.2) is 42.1 Å². The number of anilines is 1. The molecule has 0 N–H and O–H groups in total. The fraction of sp³-hybridized carbons (Fsp3) is 0.238. The monoisotopic (exact) mass is 502 g/mol. The van der Waals surface area contributed by atoms with Crippen LogP contribution in [0.5, 0.6) is 17.4 Å². The van der Waals surface area contributed by atoms with E-state index in [2.05, 4.69) is 9.72 Å². The molecule has 1 aliphatic heterocycles. The summed E-state index contributed by atoms with van der Waals surface area (Å²) >= 11 is 6.03. The minimum atomic E-state index is -4.91. The lowest BCUT2D eigenvalue weighted by Gasteiger charge is -2.30. The van der Waals surface area contributed by atoms with Gasteiger partial charge in [-0.05, 0) is 25.1 Å². The fourth-order valence-electron chi connectivity index (χ4n) is 2.96. The first-order chi connectivity index (χ1) is 15.9. The molecule has 2 heterocycles. The zero-order valence-electron chi connectivity index (χ0n) is 17.5.